The molecule has 0 aromatic heterocycles. The normalized spacial score (nSPS) is 16.8. The zero-order chi connectivity index (χ0) is 17.8. The van der Waals surface area contributed by atoms with Gasteiger partial charge >= 0.3 is 0 Å². The van der Waals surface area contributed by atoms with Gasteiger partial charge in [0, 0.05) is 12.1 Å². The summed E-state index contributed by atoms with van der Waals surface area (Å²) in [4.78, 5) is 14.6. The lowest BCUT2D eigenvalue weighted by Gasteiger charge is -2.25. The first kappa shape index (κ1) is 17.3. The third kappa shape index (κ3) is 3.60. The molecule has 0 aliphatic carbocycles. The zero-order valence-corrected chi connectivity index (χ0v) is 14.5. The van der Waals surface area contributed by atoms with Crippen molar-refractivity contribution < 1.29 is 18.7 Å². The van der Waals surface area contributed by atoms with Gasteiger partial charge in [-0.05, 0) is 36.6 Å². The maximum absolute atomic E-state index is 14.1. The van der Waals surface area contributed by atoms with Gasteiger partial charge in [0.05, 0.1) is 26.7 Å². The van der Waals surface area contributed by atoms with Crippen molar-refractivity contribution in [1.29, 1.82) is 0 Å². The van der Waals surface area contributed by atoms with E-state index in [1.54, 1.807) is 37.3 Å². The van der Waals surface area contributed by atoms with E-state index in [-0.39, 0.29) is 24.2 Å². The molecule has 1 amide bonds. The summed E-state index contributed by atoms with van der Waals surface area (Å²) in [6.45, 7) is 0.658. The highest BCUT2D eigenvalue weighted by Gasteiger charge is 2.31. The van der Waals surface area contributed by atoms with Gasteiger partial charge in [0.15, 0.2) is 11.5 Å². The number of rotatable bonds is 5. The van der Waals surface area contributed by atoms with Crippen molar-refractivity contribution in [2.24, 2.45) is 0 Å². The number of ether oxygens (including phenoxy) is 2. The molecule has 1 aliphatic rings. The van der Waals surface area contributed by atoms with E-state index in [2.05, 4.69) is 0 Å². The molecule has 1 fully saturated rings. The minimum Gasteiger partial charge on any atom is -0.493 e. The van der Waals surface area contributed by atoms with Crippen LogP contribution >= 0.6 is 0 Å². The summed E-state index contributed by atoms with van der Waals surface area (Å²) in [7, 11) is 3.14. The van der Waals surface area contributed by atoms with E-state index < -0.39 is 0 Å². The quantitative estimate of drug-likeness (QED) is 0.830. The Morgan fingerprint density at radius 3 is 2.64 bits per heavy atom. The number of hydrogen-bond donors (Lipinski definition) is 0. The molecule has 25 heavy (non-hydrogen) atoms. The third-order valence-electron chi connectivity index (χ3n) is 4.64. The minimum atomic E-state index is -0.252. The average Bonchev–Trinajstić information content (AvgIpc) is 3.11. The van der Waals surface area contributed by atoms with Gasteiger partial charge in [-0.3, -0.25) is 4.79 Å². The molecule has 1 atom stereocenters. The Labute approximate surface area is 147 Å². The second-order valence-corrected chi connectivity index (χ2v) is 6.13. The summed E-state index contributed by atoms with van der Waals surface area (Å²) >= 11 is 0. The van der Waals surface area contributed by atoms with E-state index in [0.29, 0.717) is 23.6 Å². The van der Waals surface area contributed by atoms with Gasteiger partial charge in [0.1, 0.15) is 5.82 Å². The minimum absolute atomic E-state index is 0.00188. The first-order chi connectivity index (χ1) is 12.1. The monoisotopic (exact) mass is 343 g/mol. The lowest BCUT2D eigenvalue weighted by molar-refractivity contribution is -0.131. The number of hydrogen-bond acceptors (Lipinski definition) is 3. The fourth-order valence-corrected chi connectivity index (χ4v) is 3.40. The molecule has 0 spiro atoms. The number of likely N-dealkylation sites (tertiary alicyclic amines) is 1. The average molecular weight is 343 g/mol. The van der Waals surface area contributed by atoms with Crippen LogP contribution in [0.15, 0.2) is 42.5 Å². The van der Waals surface area contributed by atoms with Crippen LogP contribution < -0.4 is 9.47 Å². The van der Waals surface area contributed by atoms with Crippen LogP contribution in [0.3, 0.4) is 0 Å². The molecule has 0 bridgehead atoms. The molecule has 5 heteroatoms. The maximum atomic E-state index is 14.1. The fourth-order valence-electron chi connectivity index (χ4n) is 3.40. The molecule has 2 aromatic rings. The number of methoxy groups -OCH3 is 2. The van der Waals surface area contributed by atoms with Crippen LogP contribution in [-0.2, 0) is 11.2 Å². The summed E-state index contributed by atoms with van der Waals surface area (Å²) in [6.07, 6.45) is 1.93. The SMILES string of the molecule is COc1ccc(CC(=O)N2CCC[C@H]2c2ccccc2F)cc1OC. The van der Waals surface area contributed by atoms with Gasteiger partial charge in [-0.25, -0.2) is 4.39 Å². The third-order valence-corrected chi connectivity index (χ3v) is 4.64. The van der Waals surface area contributed by atoms with Crippen molar-refractivity contribution in [3.63, 3.8) is 0 Å². The van der Waals surface area contributed by atoms with Gasteiger partial charge in [-0.1, -0.05) is 24.3 Å². The predicted octanol–water partition coefficient (Wildman–Crippen LogP) is 3.75. The van der Waals surface area contributed by atoms with E-state index in [1.807, 2.05) is 18.2 Å². The van der Waals surface area contributed by atoms with Crippen LogP contribution in [0.5, 0.6) is 11.5 Å². The first-order valence-corrected chi connectivity index (χ1v) is 8.39. The fraction of sp³-hybridized carbons (Fsp3) is 0.350. The molecule has 0 radical (unpaired) electrons. The second-order valence-electron chi connectivity index (χ2n) is 6.13. The number of amides is 1. The van der Waals surface area contributed by atoms with Gasteiger partial charge in [-0.2, -0.15) is 0 Å². The molecule has 3 rings (SSSR count). The second kappa shape index (κ2) is 7.55. The molecular formula is C20H22FNO3. The molecule has 1 aliphatic heterocycles. The highest BCUT2D eigenvalue weighted by Crippen LogP contribution is 2.34. The summed E-state index contributed by atoms with van der Waals surface area (Å²) in [5.74, 6) is 0.972. The molecule has 2 aromatic carbocycles. The molecule has 1 saturated heterocycles. The first-order valence-electron chi connectivity index (χ1n) is 8.39. The summed E-state index contributed by atoms with van der Waals surface area (Å²) < 4.78 is 24.6. The van der Waals surface area contributed by atoms with Crippen LogP contribution in [0, 0.1) is 5.82 Å². The molecular weight excluding hydrogens is 321 g/mol. The van der Waals surface area contributed by atoms with Crippen molar-refractivity contribution in [3.8, 4) is 11.5 Å². The standard InChI is InChI=1S/C20H22FNO3/c1-24-18-10-9-14(12-19(18)25-2)13-20(23)22-11-5-8-17(22)15-6-3-4-7-16(15)21/h3-4,6-7,9-10,12,17H,5,8,11,13H2,1-2H3/t17-/m0/s1. The van der Waals surface area contributed by atoms with E-state index >= 15 is 0 Å². The van der Waals surface area contributed by atoms with Crippen LogP contribution in [-0.4, -0.2) is 31.6 Å². The number of benzene rings is 2. The van der Waals surface area contributed by atoms with Crippen molar-refractivity contribution in [2.45, 2.75) is 25.3 Å². The topological polar surface area (TPSA) is 38.8 Å². The summed E-state index contributed by atoms with van der Waals surface area (Å²) in [6, 6.07) is 12.0. The zero-order valence-electron chi connectivity index (χ0n) is 14.5. The Balaban J connectivity index is 1.77. The molecule has 0 saturated carbocycles. The Morgan fingerprint density at radius 2 is 1.92 bits per heavy atom. The van der Waals surface area contributed by atoms with Gasteiger partial charge in [0.2, 0.25) is 5.91 Å². The Morgan fingerprint density at radius 1 is 1.16 bits per heavy atom. The van der Waals surface area contributed by atoms with Crippen molar-refractivity contribution in [2.75, 3.05) is 20.8 Å². The van der Waals surface area contributed by atoms with E-state index in [1.165, 1.54) is 6.07 Å². The summed E-state index contributed by atoms with van der Waals surface area (Å²) in [5, 5.41) is 0. The number of carbonyl (C=O) groups is 1. The molecule has 4 nitrogen and oxygen atoms in total. The van der Waals surface area contributed by atoms with E-state index in [9.17, 15) is 9.18 Å². The van der Waals surface area contributed by atoms with Crippen LogP contribution in [0.1, 0.15) is 30.0 Å². The highest BCUT2D eigenvalue weighted by atomic mass is 19.1. The van der Waals surface area contributed by atoms with Crippen molar-refractivity contribution in [1.82, 2.24) is 4.90 Å². The van der Waals surface area contributed by atoms with Gasteiger partial charge < -0.3 is 14.4 Å². The molecule has 0 unspecified atom stereocenters. The van der Waals surface area contributed by atoms with E-state index in [4.69, 9.17) is 9.47 Å². The molecule has 132 valence electrons. The van der Waals surface area contributed by atoms with Crippen molar-refractivity contribution in [3.05, 3.63) is 59.4 Å². The van der Waals surface area contributed by atoms with Crippen LogP contribution in [0.25, 0.3) is 0 Å². The Kier molecular flexibility index (Phi) is 5.22. The largest absolute Gasteiger partial charge is 0.493 e. The Bertz CT molecular complexity index is 762. The number of halogens is 1. The highest BCUT2D eigenvalue weighted by molar-refractivity contribution is 5.79. The van der Waals surface area contributed by atoms with Crippen molar-refractivity contribution >= 4 is 5.91 Å². The Hall–Kier alpha value is -2.56. The smallest absolute Gasteiger partial charge is 0.227 e. The van der Waals surface area contributed by atoms with E-state index in [0.717, 1.165) is 18.4 Å². The predicted molar refractivity (Wildman–Crippen MR) is 93.3 cm³/mol. The lowest BCUT2D eigenvalue weighted by Crippen LogP contribution is -2.32. The van der Waals surface area contributed by atoms with Crippen LogP contribution in [0.4, 0.5) is 4.39 Å². The lowest BCUT2D eigenvalue weighted by atomic mass is 10.0. The van der Waals surface area contributed by atoms with Gasteiger partial charge in [-0.15, -0.1) is 0 Å². The molecule has 1 heterocycles. The number of carbonyl (C=O) groups excluding carboxylic acids is 1. The van der Waals surface area contributed by atoms with Gasteiger partial charge in [0.25, 0.3) is 0 Å². The number of nitrogens with zero attached hydrogens (tertiary/aromatic N) is 1. The summed E-state index contributed by atoms with van der Waals surface area (Å²) in [5.41, 5.74) is 1.45. The maximum Gasteiger partial charge on any atom is 0.227 e. The van der Waals surface area contributed by atoms with Crippen LogP contribution in [0.2, 0.25) is 0 Å². The molecule has 0 N–H and O–H groups in total.